The summed E-state index contributed by atoms with van der Waals surface area (Å²) in [5.41, 5.74) is -0.0188. The van der Waals surface area contributed by atoms with Crippen molar-refractivity contribution in [2.75, 3.05) is 7.05 Å². The molecule has 0 unspecified atom stereocenters. The Bertz CT molecular complexity index is 679. The Morgan fingerprint density at radius 2 is 2.19 bits per heavy atom. The fourth-order valence-corrected chi connectivity index (χ4v) is 2.36. The average molecular weight is 309 g/mol. The van der Waals surface area contributed by atoms with Crippen LogP contribution in [-0.2, 0) is 11.3 Å². The summed E-state index contributed by atoms with van der Waals surface area (Å²) in [7, 11) is 1.37. The van der Waals surface area contributed by atoms with Gasteiger partial charge in [-0.25, -0.2) is 14.3 Å². The molecule has 0 fully saturated rings. The standard InChI is InChI=1S/C11H11N5O4S/c1-12-11(20)13-7(17)5-16-9(6-3-2-4-21-6)8(10(18)19)14-15-16/h2-4H,5H2,1H3,(H,18,19)(H2,12,13,17,20). The third-order valence-electron chi connectivity index (χ3n) is 2.47. The van der Waals surface area contributed by atoms with E-state index in [0.717, 1.165) is 4.68 Å². The van der Waals surface area contributed by atoms with Crippen molar-refractivity contribution in [2.45, 2.75) is 6.54 Å². The Balaban J connectivity index is 2.30. The molecule has 21 heavy (non-hydrogen) atoms. The first kappa shape index (κ1) is 14.7. The molecule has 0 aliphatic carbocycles. The van der Waals surface area contributed by atoms with Crippen LogP contribution in [0.4, 0.5) is 4.79 Å². The van der Waals surface area contributed by atoms with Crippen LogP contribution in [0.25, 0.3) is 10.6 Å². The number of imide groups is 1. The number of amides is 3. The number of thiophene rings is 1. The molecule has 0 saturated carbocycles. The number of carboxylic acid groups (broad SMARTS) is 1. The maximum Gasteiger partial charge on any atom is 0.358 e. The van der Waals surface area contributed by atoms with E-state index in [-0.39, 0.29) is 17.9 Å². The summed E-state index contributed by atoms with van der Waals surface area (Å²) in [6, 6.07) is 2.78. The number of aromatic nitrogens is 3. The molecule has 0 aromatic carbocycles. The van der Waals surface area contributed by atoms with Gasteiger partial charge < -0.3 is 10.4 Å². The predicted octanol–water partition coefficient (Wildman–Crippen LogP) is 0.160. The van der Waals surface area contributed by atoms with Crippen LogP contribution in [0.3, 0.4) is 0 Å². The highest BCUT2D eigenvalue weighted by Gasteiger charge is 2.22. The highest BCUT2D eigenvalue weighted by molar-refractivity contribution is 7.13. The fourth-order valence-electron chi connectivity index (χ4n) is 1.59. The largest absolute Gasteiger partial charge is 0.476 e. The molecule has 0 saturated heterocycles. The van der Waals surface area contributed by atoms with Gasteiger partial charge in [0.15, 0.2) is 5.69 Å². The molecule has 10 heteroatoms. The van der Waals surface area contributed by atoms with Crippen molar-refractivity contribution in [1.29, 1.82) is 0 Å². The molecule has 0 atom stereocenters. The molecule has 110 valence electrons. The summed E-state index contributed by atoms with van der Waals surface area (Å²) >= 11 is 1.30. The molecule has 2 heterocycles. The minimum absolute atomic E-state index is 0.226. The lowest BCUT2D eigenvalue weighted by Crippen LogP contribution is -2.39. The Morgan fingerprint density at radius 1 is 1.43 bits per heavy atom. The Morgan fingerprint density at radius 3 is 2.76 bits per heavy atom. The van der Waals surface area contributed by atoms with Gasteiger partial charge in [-0.05, 0) is 11.4 Å². The first-order chi connectivity index (χ1) is 10.0. The monoisotopic (exact) mass is 309 g/mol. The molecule has 3 N–H and O–H groups in total. The molecule has 2 aromatic rings. The number of carbonyl (C=O) groups excluding carboxylic acids is 2. The zero-order chi connectivity index (χ0) is 15.4. The molecule has 0 spiro atoms. The molecule has 0 bridgehead atoms. The molecular formula is C11H11N5O4S. The van der Waals surface area contributed by atoms with Crippen molar-refractivity contribution in [3.8, 4) is 10.6 Å². The summed E-state index contributed by atoms with van der Waals surface area (Å²) in [5, 5.41) is 22.4. The predicted molar refractivity (Wildman–Crippen MR) is 72.9 cm³/mol. The quantitative estimate of drug-likeness (QED) is 0.738. The smallest absolute Gasteiger partial charge is 0.358 e. The first-order valence-electron chi connectivity index (χ1n) is 5.75. The molecule has 2 rings (SSSR count). The van der Waals surface area contributed by atoms with E-state index in [2.05, 4.69) is 20.9 Å². The summed E-state index contributed by atoms with van der Waals surface area (Å²) in [6.07, 6.45) is 0. The molecule has 9 nitrogen and oxygen atoms in total. The highest BCUT2D eigenvalue weighted by Crippen LogP contribution is 2.26. The number of hydrogen-bond acceptors (Lipinski definition) is 6. The van der Waals surface area contributed by atoms with Crippen LogP contribution in [0.15, 0.2) is 17.5 Å². The zero-order valence-electron chi connectivity index (χ0n) is 10.9. The van der Waals surface area contributed by atoms with Crippen LogP contribution in [-0.4, -0.2) is 45.1 Å². The van der Waals surface area contributed by atoms with Crippen LogP contribution < -0.4 is 10.6 Å². The van der Waals surface area contributed by atoms with Gasteiger partial charge in [-0.2, -0.15) is 0 Å². The third kappa shape index (κ3) is 3.23. The van der Waals surface area contributed by atoms with Gasteiger partial charge in [0.25, 0.3) is 0 Å². The molecule has 0 aliphatic heterocycles. The lowest BCUT2D eigenvalue weighted by molar-refractivity contribution is -0.120. The highest BCUT2D eigenvalue weighted by atomic mass is 32.1. The average Bonchev–Trinajstić information content (AvgIpc) is 3.06. The number of nitrogens with one attached hydrogen (secondary N) is 2. The van der Waals surface area contributed by atoms with Crippen LogP contribution in [0, 0.1) is 0 Å². The number of carbonyl (C=O) groups is 3. The summed E-state index contributed by atoms with van der Waals surface area (Å²) < 4.78 is 1.15. The second-order valence-electron chi connectivity index (χ2n) is 3.85. The number of nitrogens with zero attached hydrogens (tertiary/aromatic N) is 3. The zero-order valence-corrected chi connectivity index (χ0v) is 11.7. The first-order valence-corrected chi connectivity index (χ1v) is 6.63. The second kappa shape index (κ2) is 6.13. The van der Waals surface area contributed by atoms with Crippen molar-refractivity contribution >= 4 is 29.2 Å². The van der Waals surface area contributed by atoms with E-state index < -0.39 is 17.9 Å². The van der Waals surface area contributed by atoms with Crippen LogP contribution in [0.1, 0.15) is 10.5 Å². The lowest BCUT2D eigenvalue weighted by atomic mass is 10.2. The van der Waals surface area contributed by atoms with Crippen molar-refractivity contribution in [2.24, 2.45) is 0 Å². The number of aromatic carboxylic acids is 1. The van der Waals surface area contributed by atoms with Crippen molar-refractivity contribution in [3.63, 3.8) is 0 Å². The number of urea groups is 1. The molecular weight excluding hydrogens is 298 g/mol. The van der Waals surface area contributed by atoms with E-state index in [1.807, 2.05) is 0 Å². The lowest BCUT2D eigenvalue weighted by Gasteiger charge is -2.06. The Labute approximate surface area is 122 Å². The molecule has 0 aliphatic rings. The SMILES string of the molecule is CNC(=O)NC(=O)Cn1nnc(C(=O)O)c1-c1cccs1. The van der Waals surface area contributed by atoms with Crippen molar-refractivity contribution in [1.82, 2.24) is 25.6 Å². The maximum atomic E-state index is 11.7. The minimum atomic E-state index is -1.24. The molecule has 3 amide bonds. The van der Waals surface area contributed by atoms with E-state index in [4.69, 9.17) is 5.11 Å². The van der Waals surface area contributed by atoms with Gasteiger partial charge in [-0.3, -0.25) is 10.1 Å². The third-order valence-corrected chi connectivity index (χ3v) is 3.34. The number of rotatable bonds is 4. The van der Waals surface area contributed by atoms with Gasteiger partial charge in [-0.15, -0.1) is 16.4 Å². The fraction of sp³-hybridized carbons (Fsp3) is 0.182. The summed E-state index contributed by atoms with van der Waals surface area (Å²) in [4.78, 5) is 34.5. The normalized spacial score (nSPS) is 10.1. The Kier molecular flexibility index (Phi) is 4.28. The van der Waals surface area contributed by atoms with Gasteiger partial charge in [0.05, 0.1) is 4.88 Å². The molecule has 2 aromatic heterocycles. The van der Waals surface area contributed by atoms with Crippen molar-refractivity contribution in [3.05, 3.63) is 23.2 Å². The number of hydrogen-bond donors (Lipinski definition) is 3. The van der Waals surface area contributed by atoms with Crippen molar-refractivity contribution < 1.29 is 19.5 Å². The van der Waals surface area contributed by atoms with Crippen LogP contribution >= 0.6 is 11.3 Å². The van der Waals surface area contributed by atoms with E-state index in [9.17, 15) is 14.4 Å². The summed E-state index contributed by atoms with van der Waals surface area (Å²) in [5.74, 6) is -1.87. The van der Waals surface area contributed by atoms with Crippen LogP contribution in [0.5, 0.6) is 0 Å². The minimum Gasteiger partial charge on any atom is -0.476 e. The van der Waals surface area contributed by atoms with Gasteiger partial charge in [0.2, 0.25) is 5.91 Å². The van der Waals surface area contributed by atoms with E-state index in [0.29, 0.717) is 4.88 Å². The van der Waals surface area contributed by atoms with E-state index >= 15 is 0 Å². The summed E-state index contributed by atoms with van der Waals surface area (Å²) in [6.45, 7) is -0.319. The van der Waals surface area contributed by atoms with Gasteiger partial charge >= 0.3 is 12.0 Å². The number of carboxylic acids is 1. The van der Waals surface area contributed by atoms with E-state index in [1.165, 1.54) is 18.4 Å². The Hall–Kier alpha value is -2.75. The maximum absolute atomic E-state index is 11.7. The van der Waals surface area contributed by atoms with Gasteiger partial charge in [0.1, 0.15) is 12.2 Å². The van der Waals surface area contributed by atoms with Gasteiger partial charge in [-0.1, -0.05) is 11.3 Å². The topological polar surface area (TPSA) is 126 Å². The van der Waals surface area contributed by atoms with E-state index in [1.54, 1.807) is 17.5 Å². The molecule has 0 radical (unpaired) electrons. The second-order valence-corrected chi connectivity index (χ2v) is 4.80. The van der Waals surface area contributed by atoms with Gasteiger partial charge in [0, 0.05) is 7.05 Å². The van der Waals surface area contributed by atoms with Crippen LogP contribution in [0.2, 0.25) is 0 Å².